The average Bonchev–Trinajstić information content (AvgIpc) is 1.93. The van der Waals surface area contributed by atoms with Crippen molar-refractivity contribution in [2.24, 2.45) is 0 Å². The molecule has 0 bridgehead atoms. The normalized spacial score (nSPS) is 5.45. The maximum absolute atomic E-state index is 3.25. The van der Waals surface area contributed by atoms with E-state index in [0.717, 1.165) is 0 Å². The third kappa shape index (κ3) is 17.7. The van der Waals surface area contributed by atoms with Crippen molar-refractivity contribution in [3.8, 4) is 0 Å². The quantitative estimate of drug-likeness (QED) is 0.424. The van der Waals surface area contributed by atoms with Crippen LogP contribution >= 0.6 is 12.4 Å². The molecular weight excluding hydrogens is 168 g/mol. The van der Waals surface area contributed by atoms with Gasteiger partial charge < -0.3 is 0 Å². The first-order valence-corrected chi connectivity index (χ1v) is 2.73. The summed E-state index contributed by atoms with van der Waals surface area (Å²) in [4.78, 5) is 0. The van der Waals surface area contributed by atoms with E-state index in [-0.39, 0.29) is 35.5 Å². The van der Waals surface area contributed by atoms with Crippen molar-refractivity contribution < 1.29 is 0 Å². The molecule has 0 amide bonds. The summed E-state index contributed by atoms with van der Waals surface area (Å²) in [6, 6.07) is 12.5. The fraction of sp³-hybridized carbons (Fsp3) is 0. The molecule has 0 atom stereocenters. The maximum atomic E-state index is 3.25. The molecule has 56 valence electrons. The molecule has 0 saturated carbocycles. The summed E-state index contributed by atoms with van der Waals surface area (Å²) in [5.74, 6) is 0. The minimum atomic E-state index is 0. The van der Waals surface area contributed by atoms with E-state index in [9.17, 15) is 0 Å². The van der Waals surface area contributed by atoms with Crippen molar-refractivity contribution >= 4 is 35.5 Å². The van der Waals surface area contributed by atoms with Crippen LogP contribution in [0.1, 0.15) is 0 Å². The van der Waals surface area contributed by atoms with Crippen LogP contribution in [0.25, 0.3) is 0 Å². The molecule has 0 aliphatic heterocycles. The molecule has 2 heteroatoms. The molecule has 1 rings (SSSR count). The number of halogens is 1. The minimum absolute atomic E-state index is 0. The summed E-state index contributed by atoms with van der Waals surface area (Å²) >= 11 is 0. The third-order valence-electron chi connectivity index (χ3n) is 0.607. The number of benzene rings is 1. The second-order valence-corrected chi connectivity index (χ2v) is 1.37. The van der Waals surface area contributed by atoms with Crippen LogP contribution in [0.2, 0.25) is 0 Å². The Morgan fingerprint density at radius 3 is 1.64 bits per heavy atom. The molecule has 0 fully saturated rings. The molecule has 0 aromatic heterocycles. The second-order valence-electron chi connectivity index (χ2n) is 1.37. The van der Waals surface area contributed by atoms with Gasteiger partial charge in [-0.25, -0.2) is 19.6 Å². The van der Waals surface area contributed by atoms with Gasteiger partial charge in [0.05, 0.1) is 0 Å². The van der Waals surface area contributed by atoms with Crippen LogP contribution in [-0.2, 0) is 0 Å². The minimum Gasteiger partial charge on any atom is -0.245 e. The number of hydrogen-bond donors (Lipinski definition) is 0. The van der Waals surface area contributed by atoms with Gasteiger partial charge in [-0.05, 0) is 0 Å². The Balaban J connectivity index is -0.000000116. The van der Waals surface area contributed by atoms with Crippen molar-refractivity contribution in [2.45, 2.75) is 0 Å². The van der Waals surface area contributed by atoms with E-state index >= 15 is 0 Å². The first-order valence-electron chi connectivity index (χ1n) is 2.73. The number of allylic oxidation sites excluding steroid dienone is 1. The number of hydrogen-bond acceptors (Lipinski definition) is 0. The SMILES string of the molecule is C=C[CH2-].Cl.[Mg+2].[c-]1ccccc1. The predicted octanol–water partition coefficient (Wildman–Crippen LogP) is 2.53. The van der Waals surface area contributed by atoms with E-state index in [4.69, 9.17) is 0 Å². The molecule has 0 radical (unpaired) electrons. The zero-order chi connectivity index (χ0) is 6.95. The Hall–Kier alpha value is -0.114. The van der Waals surface area contributed by atoms with Crippen LogP contribution in [0.5, 0.6) is 0 Å². The fourth-order valence-corrected chi connectivity index (χ4v) is 0.342. The summed E-state index contributed by atoms with van der Waals surface area (Å²) in [7, 11) is 0. The van der Waals surface area contributed by atoms with Crippen molar-refractivity contribution in [3.63, 3.8) is 0 Å². The molecule has 0 saturated heterocycles. The van der Waals surface area contributed by atoms with E-state index in [1.54, 1.807) is 0 Å². The van der Waals surface area contributed by atoms with Crippen molar-refractivity contribution in [1.82, 2.24) is 0 Å². The van der Waals surface area contributed by atoms with Gasteiger partial charge in [-0.2, -0.15) is 36.4 Å². The first-order chi connectivity index (χ1) is 4.41. The van der Waals surface area contributed by atoms with E-state index in [1.807, 2.05) is 30.3 Å². The Kier molecular flexibility index (Phi) is 25.6. The summed E-state index contributed by atoms with van der Waals surface area (Å²) in [6.45, 7) is 6.50. The molecule has 1 aromatic rings. The molecule has 0 spiro atoms. The van der Waals surface area contributed by atoms with Gasteiger partial charge in [0.1, 0.15) is 0 Å². The fourth-order valence-electron chi connectivity index (χ4n) is 0.342. The van der Waals surface area contributed by atoms with Crippen molar-refractivity contribution in [3.05, 3.63) is 56.0 Å². The topological polar surface area (TPSA) is 0 Å². The van der Waals surface area contributed by atoms with Gasteiger partial charge in [0.15, 0.2) is 0 Å². The van der Waals surface area contributed by atoms with Gasteiger partial charge in [-0.1, -0.05) is 0 Å². The molecule has 0 heterocycles. The Bertz CT molecular complexity index is 113. The van der Waals surface area contributed by atoms with Gasteiger partial charge in [-0.3, -0.25) is 0 Å². The standard InChI is InChI=1S/C6H5.C3H5.ClH.Mg/c1-2-4-6-5-3-1;1-3-2;;/h1-5H;3H,1-2H2;1H;/q2*-1;;+2. The Labute approximate surface area is 91.3 Å². The number of rotatable bonds is 0. The molecule has 0 nitrogen and oxygen atoms in total. The molecular formula is C9H11ClMg. The van der Waals surface area contributed by atoms with Crippen LogP contribution in [0, 0.1) is 13.0 Å². The zero-order valence-electron chi connectivity index (χ0n) is 6.49. The predicted molar refractivity (Wildman–Crippen MR) is 53.8 cm³/mol. The van der Waals surface area contributed by atoms with Gasteiger partial charge in [0.25, 0.3) is 0 Å². The molecule has 11 heavy (non-hydrogen) atoms. The van der Waals surface area contributed by atoms with Crippen LogP contribution in [0.4, 0.5) is 0 Å². The summed E-state index contributed by atoms with van der Waals surface area (Å²) in [5, 5.41) is 0. The van der Waals surface area contributed by atoms with E-state index in [0.29, 0.717) is 0 Å². The smallest absolute Gasteiger partial charge is 0.245 e. The van der Waals surface area contributed by atoms with E-state index in [2.05, 4.69) is 19.6 Å². The molecule has 0 aliphatic rings. The van der Waals surface area contributed by atoms with Gasteiger partial charge in [0.2, 0.25) is 0 Å². The second kappa shape index (κ2) is 16.5. The molecule has 1 aromatic carbocycles. The monoisotopic (exact) mass is 178 g/mol. The maximum Gasteiger partial charge on any atom is 2.00 e. The molecule has 0 unspecified atom stereocenters. The summed E-state index contributed by atoms with van der Waals surface area (Å²) in [5.41, 5.74) is 0. The van der Waals surface area contributed by atoms with Crippen LogP contribution in [-0.4, -0.2) is 23.1 Å². The Morgan fingerprint density at radius 2 is 1.55 bits per heavy atom. The van der Waals surface area contributed by atoms with Crippen LogP contribution < -0.4 is 0 Å². The van der Waals surface area contributed by atoms with Crippen LogP contribution in [0.3, 0.4) is 0 Å². The van der Waals surface area contributed by atoms with Gasteiger partial charge >= 0.3 is 23.1 Å². The van der Waals surface area contributed by atoms with Gasteiger partial charge in [0, 0.05) is 0 Å². The Morgan fingerprint density at radius 1 is 1.18 bits per heavy atom. The summed E-state index contributed by atoms with van der Waals surface area (Å²) in [6.07, 6.45) is 1.50. The zero-order valence-corrected chi connectivity index (χ0v) is 8.72. The van der Waals surface area contributed by atoms with Crippen molar-refractivity contribution in [1.29, 1.82) is 0 Å². The molecule has 0 N–H and O–H groups in total. The van der Waals surface area contributed by atoms with Crippen LogP contribution in [0.15, 0.2) is 43.0 Å². The van der Waals surface area contributed by atoms with Gasteiger partial charge in [-0.15, -0.1) is 12.4 Å². The third-order valence-corrected chi connectivity index (χ3v) is 0.607. The first kappa shape index (κ1) is 17.1. The summed E-state index contributed by atoms with van der Waals surface area (Å²) < 4.78 is 0. The van der Waals surface area contributed by atoms with Crippen molar-refractivity contribution in [2.75, 3.05) is 0 Å². The largest absolute Gasteiger partial charge is 2.00 e. The van der Waals surface area contributed by atoms with E-state index in [1.165, 1.54) is 6.08 Å². The average molecular weight is 179 g/mol. The molecule has 0 aliphatic carbocycles. The van der Waals surface area contributed by atoms with E-state index < -0.39 is 0 Å².